The van der Waals surface area contributed by atoms with Crippen molar-refractivity contribution in [3.05, 3.63) is 64.9 Å². The quantitative estimate of drug-likeness (QED) is 0.248. The second kappa shape index (κ2) is 10.6. The zero-order valence-corrected chi connectivity index (χ0v) is 23.1. The normalized spacial score (nSPS) is 22.0. The molecule has 1 aromatic carbocycles. The Labute approximate surface area is 232 Å². The van der Waals surface area contributed by atoms with Gasteiger partial charge in [-0.2, -0.15) is 0 Å². The summed E-state index contributed by atoms with van der Waals surface area (Å²) in [6.07, 6.45) is 9.79. The van der Waals surface area contributed by atoms with Crippen LogP contribution in [-0.2, 0) is 12.2 Å². The molecule has 2 aliphatic rings. The fraction of sp³-hybridized carbons (Fsp3) is 0.500. The van der Waals surface area contributed by atoms with Gasteiger partial charge in [0.15, 0.2) is 23.0 Å². The van der Waals surface area contributed by atoms with Crippen molar-refractivity contribution in [1.29, 1.82) is 0 Å². The maximum atomic E-state index is 16.9. The van der Waals surface area contributed by atoms with E-state index in [0.29, 0.717) is 52.7 Å². The molecule has 9 nitrogen and oxygen atoms in total. The summed E-state index contributed by atoms with van der Waals surface area (Å²) in [5, 5.41) is 7.40. The highest BCUT2D eigenvalue weighted by atomic mass is 19.1. The smallest absolute Gasteiger partial charge is 0.365 e. The summed E-state index contributed by atoms with van der Waals surface area (Å²) < 4.78 is 23.6. The van der Waals surface area contributed by atoms with Crippen molar-refractivity contribution in [2.45, 2.75) is 77.0 Å². The molecule has 0 amide bonds. The number of rotatable bonds is 9. The number of hydrogen-bond donors (Lipinski definition) is 2. The first kappa shape index (κ1) is 26.4. The van der Waals surface area contributed by atoms with Crippen molar-refractivity contribution in [3.63, 3.8) is 0 Å². The van der Waals surface area contributed by atoms with Crippen LogP contribution in [0, 0.1) is 17.8 Å². The Hall–Kier alpha value is -3.82. The lowest BCUT2D eigenvalue weighted by atomic mass is 9.80. The standard InChI is InChI=1S/C30H36FN7O2/c1-4-19-13-15-20(16-14-19)17-38-23-24(32-18(2)21-9-8-10-21)33-26(27-36-29(39)40-37-27)34-25(23)35-28(38)30(3,31)22-11-6-5-7-12-22/h4-7,11-12,18-21H,1,8-10,13-17H2,2-3H3,(H,32,33,34)(H,36,37,39)/t18-,19?,20?,30?/m1/s1. The lowest BCUT2D eigenvalue weighted by Crippen LogP contribution is -2.31. The molecule has 0 radical (unpaired) electrons. The van der Waals surface area contributed by atoms with Gasteiger partial charge in [0.05, 0.1) is 0 Å². The number of nitrogens with zero attached hydrogens (tertiary/aromatic N) is 5. The Morgan fingerprint density at radius 3 is 2.55 bits per heavy atom. The SMILES string of the molecule is C=CC1CCC(Cn2c(C(C)(F)c3ccccc3)nc3nc(-c4noc(=O)[nH]4)nc(N[C@H](C)C4CCC4)c32)CC1. The Kier molecular flexibility index (Phi) is 7.02. The summed E-state index contributed by atoms with van der Waals surface area (Å²) in [6, 6.07) is 9.27. The highest BCUT2D eigenvalue weighted by Crippen LogP contribution is 2.39. The van der Waals surface area contributed by atoms with Crippen LogP contribution in [0.4, 0.5) is 10.2 Å². The predicted molar refractivity (Wildman–Crippen MR) is 152 cm³/mol. The Balaban J connectivity index is 1.51. The van der Waals surface area contributed by atoms with Gasteiger partial charge in [-0.15, -0.1) is 6.58 Å². The molecule has 0 bridgehead atoms. The number of aromatic amines is 1. The van der Waals surface area contributed by atoms with Crippen LogP contribution in [0.3, 0.4) is 0 Å². The van der Waals surface area contributed by atoms with Crippen LogP contribution in [0.1, 0.15) is 70.2 Å². The highest BCUT2D eigenvalue weighted by Gasteiger charge is 2.37. The highest BCUT2D eigenvalue weighted by molar-refractivity contribution is 5.86. The lowest BCUT2D eigenvalue weighted by molar-refractivity contribution is 0.217. The number of hydrogen-bond acceptors (Lipinski definition) is 7. The van der Waals surface area contributed by atoms with E-state index in [1.165, 1.54) is 6.42 Å². The fourth-order valence-electron chi connectivity index (χ4n) is 6.12. The molecule has 210 valence electrons. The van der Waals surface area contributed by atoms with Crippen LogP contribution in [0.25, 0.3) is 22.8 Å². The van der Waals surface area contributed by atoms with E-state index in [9.17, 15) is 4.79 Å². The zero-order chi connectivity index (χ0) is 27.9. The fourth-order valence-corrected chi connectivity index (χ4v) is 6.12. The molecule has 2 fully saturated rings. The summed E-state index contributed by atoms with van der Waals surface area (Å²) in [5.74, 6) is 1.86. The third-order valence-electron chi connectivity index (χ3n) is 8.88. The lowest BCUT2D eigenvalue weighted by Gasteiger charge is -2.32. The van der Waals surface area contributed by atoms with Crippen molar-refractivity contribution in [3.8, 4) is 11.6 Å². The molecular weight excluding hydrogens is 509 g/mol. The number of alkyl halides is 1. The van der Waals surface area contributed by atoms with Gasteiger partial charge in [-0.1, -0.05) is 48.0 Å². The zero-order valence-electron chi connectivity index (χ0n) is 23.1. The first-order valence-electron chi connectivity index (χ1n) is 14.3. The number of anilines is 1. The number of halogens is 1. The number of fused-ring (bicyclic) bond motifs is 1. The molecular formula is C30H36FN7O2. The molecule has 10 heteroatoms. The van der Waals surface area contributed by atoms with Crippen molar-refractivity contribution >= 4 is 17.0 Å². The van der Waals surface area contributed by atoms with E-state index in [1.54, 1.807) is 19.1 Å². The summed E-state index contributed by atoms with van der Waals surface area (Å²) >= 11 is 0. The van der Waals surface area contributed by atoms with Crippen molar-refractivity contribution in [1.82, 2.24) is 29.7 Å². The summed E-state index contributed by atoms with van der Waals surface area (Å²) in [6.45, 7) is 8.30. The number of imidazole rings is 1. The van der Waals surface area contributed by atoms with E-state index in [0.717, 1.165) is 38.5 Å². The molecule has 0 aliphatic heterocycles. The maximum Gasteiger partial charge on any atom is 0.439 e. The van der Waals surface area contributed by atoms with Gasteiger partial charge < -0.3 is 9.88 Å². The van der Waals surface area contributed by atoms with Crippen molar-refractivity contribution < 1.29 is 8.91 Å². The van der Waals surface area contributed by atoms with Crippen LogP contribution in [0.5, 0.6) is 0 Å². The first-order valence-corrected chi connectivity index (χ1v) is 14.3. The van der Waals surface area contributed by atoms with E-state index in [1.807, 2.05) is 22.8 Å². The molecule has 2 N–H and O–H groups in total. The topological polar surface area (TPSA) is 115 Å². The van der Waals surface area contributed by atoms with Crippen molar-refractivity contribution in [2.75, 3.05) is 5.32 Å². The molecule has 2 atom stereocenters. The first-order chi connectivity index (χ1) is 19.3. The third kappa shape index (κ3) is 4.95. The van der Waals surface area contributed by atoms with Gasteiger partial charge in [0, 0.05) is 12.6 Å². The number of H-pyrrole nitrogens is 1. The molecule has 6 rings (SSSR count). The second-order valence-electron chi connectivity index (χ2n) is 11.6. The Bertz CT molecular complexity index is 1550. The van der Waals surface area contributed by atoms with Crippen molar-refractivity contribution in [2.24, 2.45) is 17.8 Å². The third-order valence-corrected chi connectivity index (χ3v) is 8.88. The largest absolute Gasteiger partial charge is 0.439 e. The van der Waals surface area contributed by atoms with Crippen LogP contribution < -0.4 is 11.1 Å². The molecule has 0 saturated heterocycles. The summed E-state index contributed by atoms with van der Waals surface area (Å²) in [4.78, 5) is 28.5. The molecule has 2 aliphatic carbocycles. The molecule has 3 heterocycles. The summed E-state index contributed by atoms with van der Waals surface area (Å²) in [7, 11) is 0. The van der Waals surface area contributed by atoms with Gasteiger partial charge in [0.1, 0.15) is 5.52 Å². The van der Waals surface area contributed by atoms with Gasteiger partial charge in [-0.3, -0.25) is 9.51 Å². The van der Waals surface area contributed by atoms with E-state index in [4.69, 9.17) is 14.5 Å². The van der Waals surface area contributed by atoms with E-state index in [-0.39, 0.29) is 17.7 Å². The van der Waals surface area contributed by atoms with Crippen LogP contribution in [0.2, 0.25) is 0 Å². The van der Waals surface area contributed by atoms with Crippen LogP contribution in [0.15, 0.2) is 52.3 Å². The molecule has 1 unspecified atom stereocenters. The van der Waals surface area contributed by atoms with E-state index >= 15 is 4.39 Å². The van der Waals surface area contributed by atoms with E-state index in [2.05, 4.69) is 40.0 Å². The maximum absolute atomic E-state index is 16.9. The minimum absolute atomic E-state index is 0.108. The predicted octanol–water partition coefficient (Wildman–Crippen LogP) is 6.00. The molecule has 0 spiro atoms. The Morgan fingerprint density at radius 2 is 1.93 bits per heavy atom. The minimum Gasteiger partial charge on any atom is -0.365 e. The monoisotopic (exact) mass is 545 g/mol. The minimum atomic E-state index is -1.88. The average molecular weight is 546 g/mol. The number of allylic oxidation sites excluding steroid dienone is 1. The molecule has 2 saturated carbocycles. The number of aromatic nitrogens is 6. The number of nitrogens with one attached hydrogen (secondary N) is 2. The van der Waals surface area contributed by atoms with Gasteiger partial charge in [-0.05, 0) is 75.7 Å². The molecule has 3 aromatic heterocycles. The number of benzene rings is 1. The Morgan fingerprint density at radius 1 is 1.18 bits per heavy atom. The van der Waals surface area contributed by atoms with Gasteiger partial charge in [-0.25, -0.2) is 24.1 Å². The van der Waals surface area contributed by atoms with E-state index < -0.39 is 11.4 Å². The van der Waals surface area contributed by atoms with Crippen LogP contribution in [-0.4, -0.2) is 35.7 Å². The van der Waals surface area contributed by atoms with Gasteiger partial charge in [0.25, 0.3) is 0 Å². The molecule has 40 heavy (non-hydrogen) atoms. The van der Waals surface area contributed by atoms with Gasteiger partial charge >= 0.3 is 5.76 Å². The summed E-state index contributed by atoms with van der Waals surface area (Å²) in [5.41, 5.74) is -0.332. The molecule has 4 aromatic rings. The van der Waals surface area contributed by atoms with Crippen LogP contribution >= 0.6 is 0 Å². The van der Waals surface area contributed by atoms with Gasteiger partial charge in [0.2, 0.25) is 11.6 Å². The second-order valence-corrected chi connectivity index (χ2v) is 11.6. The average Bonchev–Trinajstić information content (AvgIpc) is 3.53.